The van der Waals surface area contributed by atoms with Gasteiger partial charge in [0, 0.05) is 49.8 Å². The highest BCUT2D eigenvalue weighted by atomic mass is 127. The number of allylic oxidation sites excluding steroid dienone is 5. The average molecular weight is 1030 g/mol. The summed E-state index contributed by atoms with van der Waals surface area (Å²) >= 11 is 4.87. The Bertz CT molecular complexity index is 2570. The molecule has 3 aromatic rings. The SMILES string of the molecule is CCC1=C(/C=C\CN2C(C(C)C(C)CI)=C3CN(c4ccc(C(C)C)cc4)c4c(sc5c4C=C4C(C5)C(C)(C)CCC4(C)C)B3c3cc4c(cc32)C(C)(C)CCC4(C)C)C(C)(C)CCC1(C)C. The van der Waals surface area contributed by atoms with E-state index in [1.807, 2.05) is 0 Å². The lowest BCUT2D eigenvalue weighted by atomic mass is 9.35. The molecule has 360 valence electrons. The molecule has 2 nitrogen and oxygen atoms in total. The monoisotopic (exact) mass is 1030 g/mol. The molecule has 5 heteroatoms. The van der Waals surface area contributed by atoms with Gasteiger partial charge in [-0.25, -0.2) is 0 Å². The molecule has 0 saturated heterocycles. The van der Waals surface area contributed by atoms with Crippen LogP contribution < -0.4 is 20.0 Å². The fraction of sp³-hybridized carbons (Fsp3) is 0.613. The van der Waals surface area contributed by atoms with Crippen molar-refractivity contribution in [2.45, 2.75) is 186 Å². The van der Waals surface area contributed by atoms with Gasteiger partial charge in [-0.1, -0.05) is 193 Å². The van der Waals surface area contributed by atoms with Crippen molar-refractivity contribution >= 4 is 74.0 Å². The van der Waals surface area contributed by atoms with Gasteiger partial charge in [0.25, 0.3) is 6.71 Å². The summed E-state index contributed by atoms with van der Waals surface area (Å²) in [4.78, 5) is 7.29. The van der Waals surface area contributed by atoms with Gasteiger partial charge in [-0.15, -0.1) is 0 Å². The molecule has 0 bridgehead atoms. The zero-order chi connectivity index (χ0) is 48.6. The van der Waals surface area contributed by atoms with Gasteiger partial charge >= 0.3 is 0 Å². The van der Waals surface area contributed by atoms with Crippen LogP contribution in [0.25, 0.3) is 6.08 Å². The maximum Gasteiger partial charge on any atom is 0.259 e. The van der Waals surface area contributed by atoms with Crippen LogP contribution in [-0.4, -0.2) is 24.2 Å². The van der Waals surface area contributed by atoms with E-state index < -0.39 is 0 Å². The molecule has 1 fully saturated rings. The van der Waals surface area contributed by atoms with Crippen molar-refractivity contribution in [3.63, 3.8) is 0 Å². The first kappa shape index (κ1) is 49.5. The molecule has 6 aliphatic rings. The number of alkyl halides is 1. The smallest absolute Gasteiger partial charge is 0.259 e. The molecule has 1 aromatic heterocycles. The molecule has 1 saturated carbocycles. The summed E-state index contributed by atoms with van der Waals surface area (Å²) in [5, 5.41) is 0. The van der Waals surface area contributed by atoms with Crippen molar-refractivity contribution < 1.29 is 0 Å². The number of hydrogen-bond donors (Lipinski definition) is 0. The Morgan fingerprint density at radius 3 is 2.01 bits per heavy atom. The van der Waals surface area contributed by atoms with Gasteiger partial charge in [-0.3, -0.25) is 0 Å². The Kier molecular flexibility index (Phi) is 12.6. The molecule has 2 aromatic carbocycles. The fourth-order valence-corrected chi connectivity index (χ4v) is 16.2. The molecule has 4 aliphatic carbocycles. The maximum absolute atomic E-state index is 2.87. The van der Waals surface area contributed by atoms with E-state index in [1.165, 1.54) is 66.7 Å². The molecule has 2 aliphatic heterocycles. The van der Waals surface area contributed by atoms with Crippen LogP contribution in [0.5, 0.6) is 0 Å². The minimum atomic E-state index is 0.117. The van der Waals surface area contributed by atoms with Gasteiger partial charge in [0.15, 0.2) is 0 Å². The van der Waals surface area contributed by atoms with Gasteiger partial charge < -0.3 is 9.80 Å². The lowest BCUT2D eigenvalue weighted by Gasteiger charge is -2.50. The van der Waals surface area contributed by atoms with Crippen molar-refractivity contribution in [3.8, 4) is 0 Å². The zero-order valence-electron chi connectivity index (χ0n) is 45.0. The predicted octanol–water partition coefficient (Wildman–Crippen LogP) is 16.8. The van der Waals surface area contributed by atoms with Crippen molar-refractivity contribution in [2.24, 2.45) is 39.4 Å². The highest BCUT2D eigenvalue weighted by molar-refractivity contribution is 14.1. The quantitative estimate of drug-likeness (QED) is 0.120. The van der Waals surface area contributed by atoms with Gasteiger partial charge in [0.2, 0.25) is 0 Å². The van der Waals surface area contributed by atoms with Crippen LogP contribution >= 0.6 is 33.9 Å². The minimum Gasteiger partial charge on any atom is -0.342 e. The Hall–Kier alpha value is -2.51. The number of anilines is 3. The lowest BCUT2D eigenvalue weighted by molar-refractivity contribution is 0.124. The number of thiophene rings is 1. The average Bonchev–Trinajstić information content (AvgIpc) is 3.65. The third kappa shape index (κ3) is 8.26. The first-order valence-corrected chi connectivity index (χ1v) is 29.0. The van der Waals surface area contributed by atoms with Gasteiger partial charge in [0.1, 0.15) is 0 Å². The highest BCUT2D eigenvalue weighted by Gasteiger charge is 2.51. The summed E-state index contributed by atoms with van der Waals surface area (Å²) in [5.74, 6) is 2.00. The summed E-state index contributed by atoms with van der Waals surface area (Å²) in [6.07, 6.45) is 17.7. The first-order chi connectivity index (χ1) is 31.2. The van der Waals surface area contributed by atoms with E-state index in [9.17, 15) is 0 Å². The lowest BCUT2D eigenvalue weighted by Crippen LogP contribution is -2.58. The second-order valence-electron chi connectivity index (χ2n) is 26.7. The Balaban J connectivity index is 1.34. The number of nitrogens with zero attached hydrogens (tertiary/aromatic N) is 2. The van der Waals surface area contributed by atoms with Crippen LogP contribution in [0.4, 0.5) is 17.1 Å². The van der Waals surface area contributed by atoms with Crippen LogP contribution in [0.3, 0.4) is 0 Å². The second kappa shape index (κ2) is 17.1. The first-order valence-electron chi connectivity index (χ1n) is 26.7. The second-order valence-corrected chi connectivity index (χ2v) is 28.7. The van der Waals surface area contributed by atoms with E-state index in [0.717, 1.165) is 30.4 Å². The third-order valence-corrected chi connectivity index (χ3v) is 21.9. The number of rotatable bonds is 9. The Labute approximate surface area is 427 Å². The predicted molar refractivity (Wildman–Crippen MR) is 305 cm³/mol. The highest BCUT2D eigenvalue weighted by Crippen LogP contribution is 2.59. The van der Waals surface area contributed by atoms with E-state index in [4.69, 9.17) is 0 Å². The number of hydrogen-bond acceptors (Lipinski definition) is 3. The maximum atomic E-state index is 2.87. The van der Waals surface area contributed by atoms with Crippen LogP contribution in [-0.2, 0) is 17.3 Å². The van der Waals surface area contributed by atoms with Gasteiger partial charge in [0.05, 0.1) is 5.69 Å². The normalized spacial score (nSPS) is 25.0. The molecular weight excluding hydrogens is 942 g/mol. The topological polar surface area (TPSA) is 6.48 Å². The molecular formula is C62H86BIN2S. The standard InChI is InChI=1S/C62H86BIN2S/c1-18-44-45(58(8,9)26-25-57(44,6)7)20-19-31-65-52-34-48-47(60(12,13)28-29-61(48,14)15)33-50(52)63-51(54(65)40(5)39(4)36-64)37-66(42-23-21-41(22-24-42)38(2)3)55-43-32-46-49(35-53(43)67-56(55)63)62(16,17)30-27-59(46,10)11/h19-24,32-34,38-40,49H,18,25-31,35-37H2,1-17H3/b20-19-. The zero-order valence-corrected chi connectivity index (χ0v) is 48.0. The minimum absolute atomic E-state index is 0.117. The summed E-state index contributed by atoms with van der Waals surface area (Å²) in [5.41, 5.74) is 21.3. The molecule has 0 amide bonds. The van der Waals surface area contributed by atoms with Crippen molar-refractivity contribution in [1.29, 1.82) is 0 Å². The number of halogens is 1. The summed E-state index contributed by atoms with van der Waals surface area (Å²) < 4.78 is 2.72. The Morgan fingerprint density at radius 2 is 1.39 bits per heavy atom. The van der Waals surface area contributed by atoms with Crippen LogP contribution in [0, 0.1) is 39.4 Å². The van der Waals surface area contributed by atoms with Gasteiger partial charge in [-0.2, -0.15) is 11.3 Å². The van der Waals surface area contributed by atoms with Crippen LogP contribution in [0.2, 0.25) is 0 Å². The molecule has 9 rings (SSSR count). The Morgan fingerprint density at radius 1 is 0.776 bits per heavy atom. The van der Waals surface area contributed by atoms with Crippen molar-refractivity contribution in [2.75, 3.05) is 27.3 Å². The van der Waals surface area contributed by atoms with Crippen LogP contribution in [0.1, 0.15) is 196 Å². The van der Waals surface area contributed by atoms with E-state index >= 15 is 0 Å². The molecule has 0 spiro atoms. The summed E-state index contributed by atoms with van der Waals surface area (Å²) in [6, 6.07) is 15.3. The third-order valence-electron chi connectivity index (χ3n) is 19.2. The van der Waals surface area contributed by atoms with E-state index in [1.54, 1.807) is 54.1 Å². The molecule has 3 atom stereocenters. The fourth-order valence-electron chi connectivity index (χ4n) is 13.9. The molecule has 67 heavy (non-hydrogen) atoms. The summed E-state index contributed by atoms with van der Waals surface area (Å²) in [6.45, 7) is 44.5. The van der Waals surface area contributed by atoms with E-state index in [-0.39, 0.29) is 33.8 Å². The number of fused-ring (bicyclic) bond motifs is 9. The summed E-state index contributed by atoms with van der Waals surface area (Å²) in [7, 11) is 0. The molecule has 0 radical (unpaired) electrons. The van der Waals surface area contributed by atoms with E-state index in [2.05, 4.69) is 216 Å². The molecule has 3 unspecified atom stereocenters. The van der Waals surface area contributed by atoms with Crippen LogP contribution in [0.15, 0.2) is 76.4 Å². The van der Waals surface area contributed by atoms with Crippen molar-refractivity contribution in [3.05, 3.63) is 104 Å². The largest absolute Gasteiger partial charge is 0.342 e. The van der Waals surface area contributed by atoms with Crippen molar-refractivity contribution in [1.82, 2.24) is 0 Å². The molecule has 0 N–H and O–H groups in total. The van der Waals surface area contributed by atoms with E-state index in [0.29, 0.717) is 29.1 Å². The molecule has 3 heterocycles. The number of benzene rings is 2. The van der Waals surface area contributed by atoms with Gasteiger partial charge in [-0.05, 0) is 153 Å².